The molecule has 0 heterocycles. The molecule has 0 amide bonds. The standard InChI is InChI=1S/C73H130O6/c1-4-7-10-13-16-19-22-25-27-29-31-33-34-35-36-37-38-40-41-43-45-48-51-54-57-60-63-66-72(75)78-69-70(68-77-71(74)65-62-59-56-53-50-47-24-21-18-15-12-9-6-3)79-73(76)67-64-61-58-55-52-49-46-44-42-39-32-30-28-26-23-20-17-14-11-8-5-2/h12,15,21-22,24-25,29-32,34-35,70H,4-11,13-14,16-20,23,26-28,33,36-69H2,1-3H3/b15-12-,24-21-,25-22-,31-29-,32-30-,35-34-. The molecule has 0 aromatic heterocycles. The van der Waals surface area contributed by atoms with Crippen LogP contribution in [-0.2, 0) is 28.6 Å². The molecule has 0 fully saturated rings. The molecule has 0 aliphatic carbocycles. The molecule has 0 aliphatic rings. The van der Waals surface area contributed by atoms with Gasteiger partial charge >= 0.3 is 17.9 Å². The lowest BCUT2D eigenvalue weighted by Crippen LogP contribution is -2.30. The maximum absolute atomic E-state index is 12.9. The van der Waals surface area contributed by atoms with Crippen LogP contribution in [0.25, 0.3) is 0 Å². The van der Waals surface area contributed by atoms with E-state index in [1.165, 1.54) is 218 Å². The summed E-state index contributed by atoms with van der Waals surface area (Å²) in [4.78, 5) is 38.4. The Balaban J connectivity index is 4.27. The second-order valence-electron chi connectivity index (χ2n) is 23.1. The highest BCUT2D eigenvalue weighted by Gasteiger charge is 2.19. The Bertz CT molecular complexity index is 1450. The molecule has 0 N–H and O–H groups in total. The van der Waals surface area contributed by atoms with E-state index in [-0.39, 0.29) is 31.1 Å². The summed E-state index contributed by atoms with van der Waals surface area (Å²) in [5, 5.41) is 0. The molecule has 1 atom stereocenters. The summed E-state index contributed by atoms with van der Waals surface area (Å²) in [5.74, 6) is -0.881. The van der Waals surface area contributed by atoms with Crippen LogP contribution in [0.5, 0.6) is 0 Å². The highest BCUT2D eigenvalue weighted by Crippen LogP contribution is 2.17. The normalized spacial score (nSPS) is 12.5. The van der Waals surface area contributed by atoms with E-state index in [2.05, 4.69) is 93.7 Å². The second-order valence-corrected chi connectivity index (χ2v) is 23.1. The first-order chi connectivity index (χ1) is 39.0. The van der Waals surface area contributed by atoms with E-state index in [4.69, 9.17) is 14.2 Å². The van der Waals surface area contributed by atoms with Crippen LogP contribution < -0.4 is 0 Å². The van der Waals surface area contributed by atoms with Crippen LogP contribution in [0.4, 0.5) is 0 Å². The van der Waals surface area contributed by atoms with E-state index in [1.54, 1.807) is 0 Å². The molecule has 1 unspecified atom stereocenters. The maximum Gasteiger partial charge on any atom is 0.306 e. The highest BCUT2D eigenvalue weighted by molar-refractivity contribution is 5.71. The third-order valence-electron chi connectivity index (χ3n) is 15.1. The first kappa shape index (κ1) is 75.8. The largest absolute Gasteiger partial charge is 0.462 e. The third-order valence-corrected chi connectivity index (χ3v) is 15.1. The van der Waals surface area contributed by atoms with Gasteiger partial charge in [0.25, 0.3) is 0 Å². The number of hydrogen-bond donors (Lipinski definition) is 0. The minimum Gasteiger partial charge on any atom is -0.462 e. The van der Waals surface area contributed by atoms with Gasteiger partial charge in [-0.2, -0.15) is 0 Å². The fourth-order valence-corrected chi connectivity index (χ4v) is 9.96. The Morgan fingerprint density at radius 2 is 0.481 bits per heavy atom. The zero-order valence-electron chi connectivity index (χ0n) is 52.6. The van der Waals surface area contributed by atoms with Crippen molar-refractivity contribution in [1.29, 1.82) is 0 Å². The van der Waals surface area contributed by atoms with Gasteiger partial charge in [0.05, 0.1) is 0 Å². The fraction of sp³-hybridized carbons (Fsp3) is 0.795. The van der Waals surface area contributed by atoms with E-state index in [0.29, 0.717) is 19.3 Å². The van der Waals surface area contributed by atoms with Gasteiger partial charge in [-0.3, -0.25) is 14.4 Å². The van der Waals surface area contributed by atoms with Gasteiger partial charge in [0, 0.05) is 19.3 Å². The average Bonchev–Trinajstić information content (AvgIpc) is 3.45. The molecule has 0 bridgehead atoms. The van der Waals surface area contributed by atoms with Crippen LogP contribution in [0.2, 0.25) is 0 Å². The Hall–Kier alpha value is -3.15. The number of ether oxygens (including phenoxy) is 3. The van der Waals surface area contributed by atoms with Crippen molar-refractivity contribution in [3.05, 3.63) is 72.9 Å². The number of carbonyl (C=O) groups excluding carboxylic acids is 3. The SMILES string of the molecule is CCC/C=C\C/C=C\CCCCCCCC(=O)OCC(COC(=O)CCCCCCCCCCCCCC/C=C\C/C=C\C/C=C\CCCCCCC)OC(=O)CCCCCCCCCCC/C=C\CCCCCCCCCC. The molecule has 0 radical (unpaired) electrons. The molecule has 0 aromatic rings. The topological polar surface area (TPSA) is 78.9 Å². The minimum atomic E-state index is -0.784. The summed E-state index contributed by atoms with van der Waals surface area (Å²) < 4.78 is 17.0. The lowest BCUT2D eigenvalue weighted by Gasteiger charge is -2.18. The molecule has 6 nitrogen and oxygen atoms in total. The molecule has 0 rings (SSSR count). The van der Waals surface area contributed by atoms with Crippen molar-refractivity contribution < 1.29 is 28.6 Å². The van der Waals surface area contributed by atoms with Gasteiger partial charge in [-0.15, -0.1) is 0 Å². The van der Waals surface area contributed by atoms with E-state index >= 15 is 0 Å². The summed E-state index contributed by atoms with van der Waals surface area (Å²) >= 11 is 0. The smallest absolute Gasteiger partial charge is 0.306 e. The Morgan fingerprint density at radius 3 is 0.772 bits per heavy atom. The number of carbonyl (C=O) groups is 3. The van der Waals surface area contributed by atoms with Gasteiger partial charge in [0.1, 0.15) is 13.2 Å². The second kappa shape index (κ2) is 67.4. The monoisotopic (exact) mass is 1100 g/mol. The number of allylic oxidation sites excluding steroid dienone is 12. The summed E-state index contributed by atoms with van der Waals surface area (Å²) in [5.41, 5.74) is 0. The lowest BCUT2D eigenvalue weighted by atomic mass is 10.0. The van der Waals surface area contributed by atoms with E-state index in [0.717, 1.165) is 96.3 Å². The molecule has 458 valence electrons. The van der Waals surface area contributed by atoms with Crippen LogP contribution in [0.15, 0.2) is 72.9 Å². The van der Waals surface area contributed by atoms with Crippen molar-refractivity contribution in [2.45, 2.75) is 361 Å². The van der Waals surface area contributed by atoms with Crippen molar-refractivity contribution in [3.8, 4) is 0 Å². The maximum atomic E-state index is 12.9. The number of rotatable bonds is 63. The van der Waals surface area contributed by atoms with Gasteiger partial charge in [-0.1, -0.05) is 299 Å². The predicted octanol–water partition coefficient (Wildman–Crippen LogP) is 23.7. The summed E-state index contributed by atoms with van der Waals surface area (Å²) in [6.45, 7) is 6.59. The fourth-order valence-electron chi connectivity index (χ4n) is 9.96. The molecule has 0 spiro atoms. The van der Waals surface area contributed by atoms with Crippen LogP contribution in [0.3, 0.4) is 0 Å². The number of esters is 3. The molecular weight excluding hydrogens is 973 g/mol. The summed E-state index contributed by atoms with van der Waals surface area (Å²) in [6.07, 6.45) is 87.8. The highest BCUT2D eigenvalue weighted by atomic mass is 16.6. The minimum absolute atomic E-state index is 0.0797. The summed E-state index contributed by atoms with van der Waals surface area (Å²) in [7, 11) is 0. The van der Waals surface area contributed by atoms with Crippen LogP contribution in [-0.4, -0.2) is 37.2 Å². The van der Waals surface area contributed by atoms with E-state index in [1.807, 2.05) is 0 Å². The quantitative estimate of drug-likeness (QED) is 0.0261. The van der Waals surface area contributed by atoms with Crippen molar-refractivity contribution >= 4 is 17.9 Å². The van der Waals surface area contributed by atoms with Crippen molar-refractivity contribution in [3.63, 3.8) is 0 Å². The van der Waals surface area contributed by atoms with Gasteiger partial charge < -0.3 is 14.2 Å². The Labute approximate surface area is 491 Å². The third kappa shape index (κ3) is 65.5. The molecular formula is C73H130O6. The molecule has 0 aliphatic heterocycles. The zero-order valence-corrected chi connectivity index (χ0v) is 52.6. The molecule has 6 heteroatoms. The van der Waals surface area contributed by atoms with Crippen molar-refractivity contribution in [1.82, 2.24) is 0 Å². The van der Waals surface area contributed by atoms with Crippen LogP contribution >= 0.6 is 0 Å². The first-order valence-corrected chi connectivity index (χ1v) is 34.4. The zero-order chi connectivity index (χ0) is 57.1. The van der Waals surface area contributed by atoms with Gasteiger partial charge in [0.15, 0.2) is 6.10 Å². The van der Waals surface area contributed by atoms with Crippen molar-refractivity contribution in [2.24, 2.45) is 0 Å². The van der Waals surface area contributed by atoms with E-state index < -0.39 is 6.10 Å². The predicted molar refractivity (Wildman–Crippen MR) is 344 cm³/mol. The molecule has 79 heavy (non-hydrogen) atoms. The average molecular weight is 1100 g/mol. The van der Waals surface area contributed by atoms with Gasteiger partial charge in [-0.05, 0) is 109 Å². The van der Waals surface area contributed by atoms with E-state index in [9.17, 15) is 14.4 Å². The van der Waals surface area contributed by atoms with Gasteiger partial charge in [0.2, 0.25) is 0 Å². The van der Waals surface area contributed by atoms with Crippen LogP contribution in [0.1, 0.15) is 355 Å². The van der Waals surface area contributed by atoms with Crippen LogP contribution in [0, 0.1) is 0 Å². The number of unbranched alkanes of at least 4 members (excludes halogenated alkanes) is 40. The Morgan fingerprint density at radius 1 is 0.253 bits per heavy atom. The Kier molecular flexibility index (Phi) is 64.7. The molecule has 0 aromatic carbocycles. The summed E-state index contributed by atoms with van der Waals surface area (Å²) in [6, 6.07) is 0. The lowest BCUT2D eigenvalue weighted by molar-refractivity contribution is -0.167. The molecule has 0 saturated heterocycles. The molecule has 0 saturated carbocycles. The first-order valence-electron chi connectivity index (χ1n) is 34.4. The number of hydrogen-bond acceptors (Lipinski definition) is 6. The van der Waals surface area contributed by atoms with Crippen molar-refractivity contribution in [2.75, 3.05) is 13.2 Å². The van der Waals surface area contributed by atoms with Gasteiger partial charge in [-0.25, -0.2) is 0 Å².